The molecule has 0 aromatic carbocycles. The third-order valence-corrected chi connectivity index (χ3v) is 3.42. The molecule has 6 N–H and O–H groups in total. The van der Waals surface area contributed by atoms with E-state index in [1.54, 1.807) is 0 Å². The number of carboxylic acids is 1. The Bertz CT molecular complexity index is 443. The van der Waals surface area contributed by atoms with E-state index in [9.17, 15) is 29.7 Å². The first-order valence-electron chi connectivity index (χ1n) is 6.59. The first-order chi connectivity index (χ1) is 10.1. The van der Waals surface area contributed by atoms with E-state index < -0.39 is 54.5 Å². The molecule has 0 radical (unpaired) electrons. The Morgan fingerprint density at radius 3 is 2.45 bits per heavy atom. The molecule has 0 aromatic rings. The number of rotatable bonds is 6. The topological polar surface area (TPSA) is 165 Å². The number of carbonyl (C=O) groups excluding carboxylic acids is 2. The quantitative estimate of drug-likeness (QED) is 0.280. The first kappa shape index (κ1) is 18.3. The maximum atomic E-state index is 11.2. The van der Waals surface area contributed by atoms with Crippen LogP contribution in [-0.2, 0) is 19.1 Å². The molecule has 10 nitrogen and oxygen atoms in total. The van der Waals surface area contributed by atoms with Gasteiger partial charge in [0, 0.05) is 13.3 Å². The Labute approximate surface area is 126 Å². The van der Waals surface area contributed by atoms with Crippen molar-refractivity contribution in [3.63, 3.8) is 0 Å². The van der Waals surface area contributed by atoms with Crippen molar-refractivity contribution in [2.75, 3.05) is 0 Å². The van der Waals surface area contributed by atoms with Crippen LogP contribution in [0.2, 0.25) is 0 Å². The van der Waals surface area contributed by atoms with Gasteiger partial charge in [-0.05, 0) is 6.92 Å². The smallest absolute Gasteiger partial charge is 0.364 e. The van der Waals surface area contributed by atoms with Crippen molar-refractivity contribution in [3.05, 3.63) is 0 Å². The SMILES string of the molecule is CC(=O)N[C@@H]([C@@H]1O[C@](O)(C(=O)O)C[C@H](O)[C@H]1NC=O)[C@@H](C)O. The number of aliphatic hydroxyl groups is 3. The number of carboxylic acid groups (broad SMARTS) is 1. The molecule has 0 unspecified atom stereocenters. The van der Waals surface area contributed by atoms with Crippen molar-refractivity contribution in [1.29, 1.82) is 0 Å². The van der Waals surface area contributed by atoms with Gasteiger partial charge in [0.15, 0.2) is 0 Å². The maximum absolute atomic E-state index is 11.2. The molecule has 0 spiro atoms. The summed E-state index contributed by atoms with van der Waals surface area (Å²) in [4.78, 5) is 33.0. The minimum atomic E-state index is -2.70. The summed E-state index contributed by atoms with van der Waals surface area (Å²) in [7, 11) is 0. The summed E-state index contributed by atoms with van der Waals surface area (Å²) in [5.41, 5.74) is 0. The number of aliphatic carboxylic acids is 1. The van der Waals surface area contributed by atoms with Crippen molar-refractivity contribution >= 4 is 18.3 Å². The standard InChI is InChI=1S/C12H20N2O8/c1-5(16)8(14-6(2)17)10-9(13-4-15)7(18)3-12(21,22-10)11(19)20/h4-5,7-10,16,18,21H,3H2,1-2H3,(H,13,15)(H,14,17)(H,19,20)/t5-,7+,8-,9-,10+,12+/m1/s1. The molecule has 1 saturated heterocycles. The van der Waals surface area contributed by atoms with Gasteiger partial charge in [-0.1, -0.05) is 0 Å². The van der Waals surface area contributed by atoms with Gasteiger partial charge in [0.2, 0.25) is 12.3 Å². The molecule has 1 aliphatic heterocycles. The molecule has 0 saturated carbocycles. The molecule has 1 rings (SSSR count). The summed E-state index contributed by atoms with van der Waals surface area (Å²) in [6, 6.07) is -2.28. The van der Waals surface area contributed by atoms with Gasteiger partial charge in [0.25, 0.3) is 5.79 Å². The normalized spacial score (nSPS) is 34.3. The van der Waals surface area contributed by atoms with E-state index in [1.807, 2.05) is 0 Å². The third-order valence-electron chi connectivity index (χ3n) is 3.42. The molecule has 1 heterocycles. The second-order valence-corrected chi connectivity index (χ2v) is 5.22. The zero-order valence-electron chi connectivity index (χ0n) is 12.1. The van der Waals surface area contributed by atoms with E-state index in [0.29, 0.717) is 0 Å². The summed E-state index contributed by atoms with van der Waals surface area (Å²) in [6.07, 6.45) is -4.44. The van der Waals surface area contributed by atoms with Crippen LogP contribution in [0.15, 0.2) is 0 Å². The number of aliphatic hydroxyl groups excluding tert-OH is 2. The van der Waals surface area contributed by atoms with Crippen LogP contribution in [0.3, 0.4) is 0 Å². The van der Waals surface area contributed by atoms with E-state index in [1.165, 1.54) is 13.8 Å². The minimum absolute atomic E-state index is 0.266. The van der Waals surface area contributed by atoms with Crippen molar-refractivity contribution in [2.24, 2.45) is 0 Å². The van der Waals surface area contributed by atoms with Crippen molar-refractivity contribution < 1.29 is 39.5 Å². The van der Waals surface area contributed by atoms with Crippen LogP contribution < -0.4 is 10.6 Å². The Kier molecular flexibility index (Phi) is 5.83. The van der Waals surface area contributed by atoms with Gasteiger partial charge in [0.1, 0.15) is 6.10 Å². The van der Waals surface area contributed by atoms with Crippen LogP contribution in [0.4, 0.5) is 0 Å². The predicted octanol–water partition coefficient (Wildman–Crippen LogP) is -3.09. The van der Waals surface area contributed by atoms with Gasteiger partial charge in [0.05, 0.1) is 24.3 Å². The van der Waals surface area contributed by atoms with Crippen LogP contribution >= 0.6 is 0 Å². The summed E-state index contributed by atoms with van der Waals surface area (Å²) in [5, 5.41) is 43.3. The van der Waals surface area contributed by atoms with Crippen LogP contribution in [-0.4, -0.2) is 74.9 Å². The van der Waals surface area contributed by atoms with E-state index in [0.717, 1.165) is 0 Å². The number of nitrogens with one attached hydrogen (secondary N) is 2. The van der Waals surface area contributed by atoms with Gasteiger partial charge in [-0.25, -0.2) is 4.79 Å². The van der Waals surface area contributed by atoms with Crippen molar-refractivity contribution in [3.8, 4) is 0 Å². The van der Waals surface area contributed by atoms with Gasteiger partial charge in [-0.2, -0.15) is 0 Å². The zero-order chi connectivity index (χ0) is 17.1. The summed E-state index contributed by atoms with van der Waals surface area (Å²) >= 11 is 0. The van der Waals surface area contributed by atoms with Crippen molar-refractivity contribution in [1.82, 2.24) is 10.6 Å². The Hall–Kier alpha value is -1.75. The highest BCUT2D eigenvalue weighted by molar-refractivity contribution is 5.76. The minimum Gasteiger partial charge on any atom is -0.477 e. The van der Waals surface area contributed by atoms with Crippen LogP contribution in [0.25, 0.3) is 0 Å². The number of amides is 2. The Morgan fingerprint density at radius 2 is 2.05 bits per heavy atom. The third kappa shape index (κ3) is 3.91. The molecule has 0 aliphatic carbocycles. The average molecular weight is 320 g/mol. The first-order valence-corrected chi connectivity index (χ1v) is 6.59. The van der Waals surface area contributed by atoms with Crippen LogP contribution in [0.1, 0.15) is 20.3 Å². The second-order valence-electron chi connectivity index (χ2n) is 5.22. The Balaban J connectivity index is 3.17. The van der Waals surface area contributed by atoms with E-state index in [-0.39, 0.29) is 6.41 Å². The van der Waals surface area contributed by atoms with Crippen molar-refractivity contribution in [2.45, 2.75) is 56.5 Å². The largest absolute Gasteiger partial charge is 0.477 e. The highest BCUT2D eigenvalue weighted by Crippen LogP contribution is 2.30. The molecule has 0 bridgehead atoms. The van der Waals surface area contributed by atoms with Gasteiger partial charge < -0.3 is 35.8 Å². The van der Waals surface area contributed by atoms with Gasteiger partial charge in [-0.15, -0.1) is 0 Å². The molecule has 1 aliphatic rings. The summed E-state index contributed by atoms with van der Waals surface area (Å²) < 4.78 is 5.10. The average Bonchev–Trinajstić information content (AvgIpc) is 2.38. The lowest BCUT2D eigenvalue weighted by molar-refractivity contribution is -0.283. The molecule has 0 aromatic heterocycles. The lowest BCUT2D eigenvalue weighted by Crippen LogP contribution is -2.68. The second kappa shape index (κ2) is 7.01. The van der Waals surface area contributed by atoms with Crippen LogP contribution in [0, 0.1) is 0 Å². The lowest BCUT2D eigenvalue weighted by atomic mass is 9.87. The van der Waals surface area contributed by atoms with Gasteiger partial charge in [-0.3, -0.25) is 9.59 Å². The highest BCUT2D eigenvalue weighted by atomic mass is 16.7. The van der Waals surface area contributed by atoms with E-state index in [2.05, 4.69) is 10.6 Å². The fraction of sp³-hybridized carbons (Fsp3) is 0.750. The number of hydrogen-bond acceptors (Lipinski definition) is 7. The number of carbonyl (C=O) groups is 3. The summed E-state index contributed by atoms with van der Waals surface area (Å²) in [6.45, 7) is 2.48. The molecular weight excluding hydrogens is 300 g/mol. The highest BCUT2D eigenvalue weighted by Gasteiger charge is 2.53. The van der Waals surface area contributed by atoms with E-state index in [4.69, 9.17) is 9.84 Å². The molecular formula is C12H20N2O8. The Morgan fingerprint density at radius 1 is 1.45 bits per heavy atom. The molecule has 6 atom stereocenters. The van der Waals surface area contributed by atoms with Crippen LogP contribution in [0.5, 0.6) is 0 Å². The fourth-order valence-corrected chi connectivity index (χ4v) is 2.41. The molecule has 126 valence electrons. The van der Waals surface area contributed by atoms with E-state index >= 15 is 0 Å². The molecule has 10 heteroatoms. The maximum Gasteiger partial charge on any atom is 0.364 e. The molecule has 1 fully saturated rings. The molecule has 2 amide bonds. The van der Waals surface area contributed by atoms with Gasteiger partial charge >= 0.3 is 5.97 Å². The monoisotopic (exact) mass is 320 g/mol. The predicted molar refractivity (Wildman–Crippen MR) is 70.4 cm³/mol. The zero-order valence-corrected chi connectivity index (χ0v) is 12.1. The molecule has 22 heavy (non-hydrogen) atoms. The lowest BCUT2D eigenvalue weighted by Gasteiger charge is -2.45. The fourth-order valence-electron chi connectivity index (χ4n) is 2.41. The number of ether oxygens (including phenoxy) is 1. The summed E-state index contributed by atoms with van der Waals surface area (Å²) in [5.74, 6) is -4.97. The number of hydrogen-bond donors (Lipinski definition) is 6.